The smallest absolute Gasteiger partial charge is 0.240 e. The van der Waals surface area contributed by atoms with Gasteiger partial charge < -0.3 is 0 Å². The standard InChI is InChI=1S/C19H18N6O2S/c1-24-14-17(13-22-24)16-9-15(10-20-12-16)11-23-28(26,27)19-5-3-18(4-6-19)25-8-2-7-21-25/h2-10,12-14,23H,11H2,1H3. The van der Waals surface area contributed by atoms with Crippen LogP contribution in [0.3, 0.4) is 0 Å². The van der Waals surface area contributed by atoms with Gasteiger partial charge in [0.05, 0.1) is 16.8 Å². The molecule has 4 rings (SSSR count). The monoisotopic (exact) mass is 394 g/mol. The maximum absolute atomic E-state index is 12.6. The van der Waals surface area contributed by atoms with Crippen molar-refractivity contribution in [1.82, 2.24) is 29.3 Å². The predicted molar refractivity (Wildman–Crippen MR) is 104 cm³/mol. The summed E-state index contributed by atoms with van der Waals surface area (Å²) in [5, 5.41) is 8.27. The average molecular weight is 394 g/mol. The van der Waals surface area contributed by atoms with Gasteiger partial charge in [-0.2, -0.15) is 10.2 Å². The zero-order valence-corrected chi connectivity index (χ0v) is 15.9. The van der Waals surface area contributed by atoms with Crippen LogP contribution in [0, 0.1) is 0 Å². The number of aryl methyl sites for hydroxylation is 1. The maximum Gasteiger partial charge on any atom is 0.240 e. The molecule has 1 N–H and O–H groups in total. The number of aromatic nitrogens is 5. The van der Waals surface area contributed by atoms with Crippen LogP contribution in [0.2, 0.25) is 0 Å². The van der Waals surface area contributed by atoms with Gasteiger partial charge >= 0.3 is 0 Å². The summed E-state index contributed by atoms with van der Waals surface area (Å²) < 4.78 is 31.2. The van der Waals surface area contributed by atoms with Crippen molar-refractivity contribution in [2.45, 2.75) is 11.4 Å². The molecule has 0 saturated carbocycles. The van der Waals surface area contributed by atoms with Gasteiger partial charge in [0.1, 0.15) is 0 Å². The van der Waals surface area contributed by atoms with Crippen LogP contribution in [0.4, 0.5) is 0 Å². The minimum absolute atomic E-state index is 0.143. The zero-order valence-electron chi connectivity index (χ0n) is 15.1. The van der Waals surface area contributed by atoms with Gasteiger partial charge in [0.25, 0.3) is 0 Å². The SMILES string of the molecule is Cn1cc(-c2cncc(CNS(=O)(=O)c3ccc(-n4cccn4)cc3)c2)cn1. The summed E-state index contributed by atoms with van der Waals surface area (Å²) in [7, 11) is -1.80. The van der Waals surface area contributed by atoms with E-state index in [4.69, 9.17) is 0 Å². The minimum atomic E-state index is -3.64. The Hall–Kier alpha value is -3.30. The van der Waals surface area contributed by atoms with Gasteiger partial charge in [0, 0.05) is 55.7 Å². The Morgan fingerprint density at radius 2 is 1.86 bits per heavy atom. The summed E-state index contributed by atoms with van der Waals surface area (Å²) in [4.78, 5) is 4.40. The number of nitrogens with zero attached hydrogens (tertiary/aromatic N) is 5. The van der Waals surface area contributed by atoms with Crippen LogP contribution < -0.4 is 4.72 Å². The molecule has 0 atom stereocenters. The molecular formula is C19H18N6O2S. The van der Waals surface area contributed by atoms with E-state index in [1.807, 2.05) is 19.3 Å². The molecule has 0 aliphatic rings. The van der Waals surface area contributed by atoms with E-state index in [9.17, 15) is 8.42 Å². The van der Waals surface area contributed by atoms with Gasteiger partial charge in [-0.3, -0.25) is 9.67 Å². The third-order valence-corrected chi connectivity index (χ3v) is 5.63. The highest BCUT2D eigenvalue weighted by Crippen LogP contribution is 2.19. The molecule has 0 unspecified atom stereocenters. The number of sulfonamides is 1. The van der Waals surface area contributed by atoms with E-state index in [0.717, 1.165) is 22.4 Å². The van der Waals surface area contributed by atoms with E-state index < -0.39 is 10.0 Å². The Kier molecular flexibility index (Phi) is 4.76. The molecular weight excluding hydrogens is 376 g/mol. The molecule has 0 spiro atoms. The first-order valence-electron chi connectivity index (χ1n) is 8.54. The van der Waals surface area contributed by atoms with E-state index in [1.54, 1.807) is 70.7 Å². The Morgan fingerprint density at radius 1 is 1.04 bits per heavy atom. The Morgan fingerprint density at radius 3 is 2.54 bits per heavy atom. The Labute approximate surface area is 162 Å². The fourth-order valence-electron chi connectivity index (χ4n) is 2.77. The van der Waals surface area contributed by atoms with Crippen LogP contribution in [0.5, 0.6) is 0 Å². The van der Waals surface area contributed by atoms with E-state index in [-0.39, 0.29) is 11.4 Å². The van der Waals surface area contributed by atoms with Crippen LogP contribution in [0.1, 0.15) is 5.56 Å². The first-order valence-corrected chi connectivity index (χ1v) is 10.0. The summed E-state index contributed by atoms with van der Waals surface area (Å²) in [5.74, 6) is 0. The van der Waals surface area contributed by atoms with Crippen molar-refractivity contribution < 1.29 is 8.42 Å². The number of hydrogen-bond acceptors (Lipinski definition) is 5. The summed E-state index contributed by atoms with van der Waals surface area (Å²) >= 11 is 0. The largest absolute Gasteiger partial charge is 0.275 e. The summed E-state index contributed by atoms with van der Waals surface area (Å²) in [6.45, 7) is 0.143. The fraction of sp³-hybridized carbons (Fsp3) is 0.105. The van der Waals surface area contributed by atoms with Crippen LogP contribution in [0.25, 0.3) is 16.8 Å². The number of benzene rings is 1. The molecule has 3 aromatic heterocycles. The van der Waals surface area contributed by atoms with E-state index in [0.29, 0.717) is 0 Å². The Balaban J connectivity index is 1.48. The molecule has 142 valence electrons. The van der Waals surface area contributed by atoms with Crippen molar-refractivity contribution in [3.63, 3.8) is 0 Å². The van der Waals surface area contributed by atoms with Gasteiger partial charge in [-0.1, -0.05) is 0 Å². The quantitative estimate of drug-likeness (QED) is 0.541. The number of rotatable bonds is 6. The molecule has 0 amide bonds. The highest BCUT2D eigenvalue weighted by atomic mass is 32.2. The number of hydrogen-bond donors (Lipinski definition) is 1. The molecule has 0 aliphatic carbocycles. The van der Waals surface area contributed by atoms with E-state index in [2.05, 4.69) is 19.9 Å². The zero-order chi connectivity index (χ0) is 19.6. The maximum atomic E-state index is 12.6. The van der Waals surface area contributed by atoms with Crippen molar-refractivity contribution >= 4 is 10.0 Å². The molecule has 9 heteroatoms. The molecule has 0 fully saturated rings. The molecule has 0 aliphatic heterocycles. The van der Waals surface area contributed by atoms with E-state index >= 15 is 0 Å². The van der Waals surface area contributed by atoms with Crippen LogP contribution in [0.15, 0.2) is 78.5 Å². The predicted octanol–water partition coefficient (Wildman–Crippen LogP) is 2.15. The third-order valence-electron chi connectivity index (χ3n) is 4.22. The van der Waals surface area contributed by atoms with Crippen molar-refractivity contribution in [3.8, 4) is 16.8 Å². The first-order chi connectivity index (χ1) is 13.5. The molecule has 0 radical (unpaired) electrons. The Bertz CT molecular complexity index is 1180. The van der Waals surface area contributed by atoms with Gasteiger partial charge in [-0.05, 0) is 42.0 Å². The lowest BCUT2D eigenvalue weighted by Gasteiger charge is -2.08. The lowest BCUT2D eigenvalue weighted by molar-refractivity contribution is 0.581. The highest BCUT2D eigenvalue weighted by molar-refractivity contribution is 7.89. The lowest BCUT2D eigenvalue weighted by Crippen LogP contribution is -2.23. The van der Waals surface area contributed by atoms with Crippen molar-refractivity contribution in [2.75, 3.05) is 0 Å². The molecule has 0 bridgehead atoms. The lowest BCUT2D eigenvalue weighted by atomic mass is 10.1. The van der Waals surface area contributed by atoms with Gasteiger partial charge in [0.15, 0.2) is 0 Å². The molecule has 28 heavy (non-hydrogen) atoms. The van der Waals surface area contributed by atoms with Crippen molar-refractivity contribution in [1.29, 1.82) is 0 Å². The summed E-state index contributed by atoms with van der Waals surface area (Å²) in [6.07, 6.45) is 10.5. The normalized spacial score (nSPS) is 11.6. The van der Waals surface area contributed by atoms with Crippen molar-refractivity contribution in [3.05, 3.63) is 79.1 Å². The molecule has 1 aromatic carbocycles. The van der Waals surface area contributed by atoms with Gasteiger partial charge in [-0.25, -0.2) is 17.8 Å². The van der Waals surface area contributed by atoms with E-state index in [1.165, 1.54) is 0 Å². The molecule has 8 nitrogen and oxygen atoms in total. The molecule has 4 aromatic rings. The second-order valence-electron chi connectivity index (χ2n) is 6.25. The van der Waals surface area contributed by atoms with Crippen molar-refractivity contribution in [2.24, 2.45) is 7.05 Å². The van der Waals surface area contributed by atoms with Gasteiger partial charge in [-0.15, -0.1) is 0 Å². The topological polar surface area (TPSA) is 94.7 Å². The van der Waals surface area contributed by atoms with Gasteiger partial charge in [0.2, 0.25) is 10.0 Å². The molecule has 0 saturated heterocycles. The fourth-order valence-corrected chi connectivity index (χ4v) is 3.79. The van der Waals surface area contributed by atoms with Crippen LogP contribution in [-0.2, 0) is 23.6 Å². The van der Waals surface area contributed by atoms with Crippen LogP contribution >= 0.6 is 0 Å². The number of pyridine rings is 1. The summed E-state index contributed by atoms with van der Waals surface area (Å²) in [6, 6.07) is 10.2. The second-order valence-corrected chi connectivity index (χ2v) is 8.02. The second kappa shape index (κ2) is 7.37. The number of nitrogens with one attached hydrogen (secondary N) is 1. The average Bonchev–Trinajstić information content (AvgIpc) is 3.39. The summed E-state index contributed by atoms with van der Waals surface area (Å²) in [5.41, 5.74) is 3.36. The minimum Gasteiger partial charge on any atom is -0.275 e. The highest BCUT2D eigenvalue weighted by Gasteiger charge is 2.14. The first kappa shape index (κ1) is 18.1. The third kappa shape index (κ3) is 3.85. The molecule has 3 heterocycles. The van der Waals surface area contributed by atoms with Crippen LogP contribution in [-0.4, -0.2) is 33.0 Å².